The molecule has 2 heterocycles. The zero-order valence-electron chi connectivity index (χ0n) is 16.3. The molecule has 8 nitrogen and oxygen atoms in total. The molecule has 0 spiro atoms. The minimum atomic E-state index is -0.783. The largest absolute Gasteiger partial charge is 0.486 e. The average molecular weight is 421 g/mol. The molecule has 0 unspecified atom stereocenters. The SMILES string of the molecule is COC(=O)c1c(N)c(C#N)cn1-c1cc2c(cc1C(=O)c1ccc(F)cc1)OCCO2. The van der Waals surface area contributed by atoms with Crippen LogP contribution in [0, 0.1) is 17.1 Å². The van der Waals surface area contributed by atoms with E-state index in [0.717, 1.165) is 0 Å². The van der Waals surface area contributed by atoms with Crippen LogP contribution in [-0.4, -0.2) is 36.6 Å². The predicted octanol–water partition coefficient (Wildman–Crippen LogP) is 2.86. The Morgan fingerprint density at radius 1 is 1.16 bits per heavy atom. The number of aromatic nitrogens is 1. The fourth-order valence-corrected chi connectivity index (χ4v) is 3.32. The van der Waals surface area contributed by atoms with Gasteiger partial charge in [0.05, 0.1) is 29.6 Å². The van der Waals surface area contributed by atoms with Crippen molar-refractivity contribution in [3.05, 3.63) is 70.8 Å². The third kappa shape index (κ3) is 3.44. The number of ether oxygens (including phenoxy) is 3. The van der Waals surface area contributed by atoms with E-state index >= 15 is 0 Å². The lowest BCUT2D eigenvalue weighted by molar-refractivity contribution is 0.0592. The Morgan fingerprint density at radius 2 is 1.81 bits per heavy atom. The number of halogens is 1. The lowest BCUT2D eigenvalue weighted by Crippen LogP contribution is -2.18. The van der Waals surface area contributed by atoms with Gasteiger partial charge in [0, 0.05) is 17.8 Å². The Hall–Kier alpha value is -4.32. The van der Waals surface area contributed by atoms with E-state index in [4.69, 9.17) is 19.9 Å². The molecule has 0 aliphatic carbocycles. The summed E-state index contributed by atoms with van der Waals surface area (Å²) in [6.07, 6.45) is 1.34. The molecule has 0 saturated heterocycles. The number of rotatable bonds is 4. The Morgan fingerprint density at radius 3 is 2.42 bits per heavy atom. The van der Waals surface area contributed by atoms with Gasteiger partial charge in [0.2, 0.25) is 0 Å². The number of carbonyl (C=O) groups is 2. The van der Waals surface area contributed by atoms with Crippen LogP contribution in [0.25, 0.3) is 5.69 Å². The molecule has 0 bridgehead atoms. The Balaban J connectivity index is 1.98. The highest BCUT2D eigenvalue weighted by Gasteiger charge is 2.27. The van der Waals surface area contributed by atoms with Crippen LogP contribution in [0.5, 0.6) is 11.5 Å². The summed E-state index contributed by atoms with van der Waals surface area (Å²) in [4.78, 5) is 25.7. The summed E-state index contributed by atoms with van der Waals surface area (Å²) >= 11 is 0. The van der Waals surface area contributed by atoms with Crippen LogP contribution in [0.3, 0.4) is 0 Å². The number of methoxy groups -OCH3 is 1. The first-order chi connectivity index (χ1) is 14.9. The third-order valence-corrected chi connectivity index (χ3v) is 4.81. The van der Waals surface area contributed by atoms with E-state index in [1.165, 1.54) is 54.3 Å². The van der Waals surface area contributed by atoms with Crippen molar-refractivity contribution in [2.75, 3.05) is 26.1 Å². The molecule has 0 atom stereocenters. The molecule has 2 N–H and O–H groups in total. The summed E-state index contributed by atoms with van der Waals surface area (Å²) in [5.74, 6) is -1.01. The van der Waals surface area contributed by atoms with Crippen LogP contribution in [0.2, 0.25) is 0 Å². The molecule has 3 aromatic rings. The van der Waals surface area contributed by atoms with Gasteiger partial charge in [-0.25, -0.2) is 9.18 Å². The molecule has 0 fully saturated rings. The molecule has 31 heavy (non-hydrogen) atoms. The number of nitrogens with zero attached hydrogens (tertiary/aromatic N) is 2. The Bertz CT molecular complexity index is 1240. The molecule has 0 amide bonds. The number of nitriles is 1. The van der Waals surface area contributed by atoms with Crippen molar-refractivity contribution in [1.82, 2.24) is 4.57 Å². The number of ketones is 1. The highest BCUT2D eigenvalue weighted by molar-refractivity contribution is 6.12. The molecule has 0 radical (unpaired) electrons. The first kappa shape index (κ1) is 20.0. The van der Waals surface area contributed by atoms with E-state index in [1.54, 1.807) is 0 Å². The number of anilines is 1. The summed E-state index contributed by atoms with van der Waals surface area (Å²) < 4.78 is 30.7. The number of fused-ring (bicyclic) bond motifs is 1. The quantitative estimate of drug-likeness (QED) is 0.508. The summed E-state index contributed by atoms with van der Waals surface area (Å²) in [5, 5.41) is 9.39. The zero-order valence-corrected chi connectivity index (χ0v) is 16.3. The molecule has 4 rings (SSSR count). The highest BCUT2D eigenvalue weighted by atomic mass is 19.1. The van der Waals surface area contributed by atoms with Crippen molar-refractivity contribution >= 4 is 17.4 Å². The summed E-state index contributed by atoms with van der Waals surface area (Å²) in [5.41, 5.74) is 6.43. The lowest BCUT2D eigenvalue weighted by Gasteiger charge is -2.22. The maximum absolute atomic E-state index is 13.3. The van der Waals surface area contributed by atoms with E-state index in [-0.39, 0.29) is 33.8 Å². The van der Waals surface area contributed by atoms with Crippen LogP contribution in [0.15, 0.2) is 42.6 Å². The molecular formula is C22H16FN3O5. The van der Waals surface area contributed by atoms with Crippen LogP contribution >= 0.6 is 0 Å². The normalized spacial score (nSPS) is 12.2. The molecule has 0 saturated carbocycles. The first-order valence-electron chi connectivity index (χ1n) is 9.18. The minimum absolute atomic E-state index is 0.0375. The summed E-state index contributed by atoms with van der Waals surface area (Å²) in [7, 11) is 1.18. The van der Waals surface area contributed by atoms with Gasteiger partial charge in [-0.1, -0.05) is 0 Å². The van der Waals surface area contributed by atoms with Gasteiger partial charge in [0.1, 0.15) is 25.1 Å². The number of benzene rings is 2. The summed E-state index contributed by atoms with van der Waals surface area (Å²) in [6, 6.07) is 9.98. The average Bonchev–Trinajstić information content (AvgIpc) is 3.13. The predicted molar refractivity (Wildman–Crippen MR) is 107 cm³/mol. The molecule has 9 heteroatoms. The molecular weight excluding hydrogens is 405 g/mol. The van der Waals surface area contributed by atoms with Gasteiger partial charge in [-0.3, -0.25) is 4.79 Å². The molecule has 1 aliphatic heterocycles. The topological polar surface area (TPSA) is 117 Å². The van der Waals surface area contributed by atoms with Crippen molar-refractivity contribution in [2.45, 2.75) is 0 Å². The van der Waals surface area contributed by atoms with Crippen molar-refractivity contribution in [3.63, 3.8) is 0 Å². The summed E-state index contributed by atoms with van der Waals surface area (Å²) in [6.45, 7) is 0.609. The second-order valence-corrected chi connectivity index (χ2v) is 6.63. The van der Waals surface area contributed by atoms with Gasteiger partial charge in [-0.2, -0.15) is 5.26 Å². The number of nitrogens with two attached hydrogens (primary N) is 1. The number of hydrogen-bond acceptors (Lipinski definition) is 7. The van der Waals surface area contributed by atoms with Crippen molar-refractivity contribution in [1.29, 1.82) is 5.26 Å². The van der Waals surface area contributed by atoms with Crippen LogP contribution in [-0.2, 0) is 4.74 Å². The second kappa shape index (κ2) is 7.84. The number of carbonyl (C=O) groups excluding carboxylic acids is 2. The van der Waals surface area contributed by atoms with Crippen molar-refractivity contribution in [3.8, 4) is 23.3 Å². The maximum atomic E-state index is 13.3. The van der Waals surface area contributed by atoms with Crippen LogP contribution in [0.1, 0.15) is 32.0 Å². The van der Waals surface area contributed by atoms with Gasteiger partial charge < -0.3 is 24.5 Å². The molecule has 2 aromatic carbocycles. The smallest absolute Gasteiger partial charge is 0.357 e. The number of esters is 1. The highest BCUT2D eigenvalue weighted by Crippen LogP contribution is 2.37. The minimum Gasteiger partial charge on any atom is -0.486 e. The van der Waals surface area contributed by atoms with Crippen LogP contribution in [0.4, 0.5) is 10.1 Å². The van der Waals surface area contributed by atoms with Gasteiger partial charge in [0.25, 0.3) is 0 Å². The van der Waals surface area contributed by atoms with Gasteiger partial charge in [-0.15, -0.1) is 0 Å². The van der Waals surface area contributed by atoms with E-state index in [2.05, 4.69) is 0 Å². The Kier molecular flexibility index (Phi) is 5.05. The van der Waals surface area contributed by atoms with E-state index in [0.29, 0.717) is 24.7 Å². The Labute approximate surface area is 176 Å². The first-order valence-corrected chi connectivity index (χ1v) is 9.18. The fourth-order valence-electron chi connectivity index (χ4n) is 3.32. The van der Waals surface area contributed by atoms with E-state index < -0.39 is 17.6 Å². The maximum Gasteiger partial charge on any atom is 0.357 e. The third-order valence-electron chi connectivity index (χ3n) is 4.81. The van der Waals surface area contributed by atoms with Gasteiger partial charge >= 0.3 is 5.97 Å². The monoisotopic (exact) mass is 421 g/mol. The molecule has 1 aromatic heterocycles. The zero-order chi connectivity index (χ0) is 22.1. The molecule has 156 valence electrons. The van der Waals surface area contributed by atoms with Gasteiger partial charge in [0.15, 0.2) is 23.0 Å². The van der Waals surface area contributed by atoms with Gasteiger partial charge in [-0.05, 0) is 30.3 Å². The standard InChI is InChI=1S/C22H16FN3O5/c1-29-22(28)20-19(25)13(10-24)11-26(20)16-9-18-17(30-6-7-31-18)8-15(16)21(27)12-2-4-14(23)5-3-12/h2-5,8-9,11H,6-7,25H2,1H3. The molecule has 1 aliphatic rings. The van der Waals surface area contributed by atoms with E-state index in [1.807, 2.05) is 6.07 Å². The second-order valence-electron chi connectivity index (χ2n) is 6.63. The number of nitrogen functional groups attached to an aromatic ring is 1. The van der Waals surface area contributed by atoms with Crippen molar-refractivity contribution in [2.24, 2.45) is 0 Å². The van der Waals surface area contributed by atoms with Crippen molar-refractivity contribution < 1.29 is 28.2 Å². The van der Waals surface area contributed by atoms with E-state index in [9.17, 15) is 19.2 Å². The lowest BCUT2D eigenvalue weighted by atomic mass is 10.00. The fraction of sp³-hybridized carbons (Fsp3) is 0.136. The van der Waals surface area contributed by atoms with Crippen LogP contribution < -0.4 is 15.2 Å². The number of hydrogen-bond donors (Lipinski definition) is 1.